The van der Waals surface area contributed by atoms with Crippen LogP contribution in [0, 0.1) is 29.6 Å². The first kappa shape index (κ1) is 53.0. The smallest absolute Gasteiger partial charge is 0.404 e. The summed E-state index contributed by atoms with van der Waals surface area (Å²) in [5.74, 6) is -0.517. The zero-order chi connectivity index (χ0) is 43.1. The molecule has 0 saturated heterocycles. The molecular formula is C44H83NO8Si2. The molecule has 10 atom stereocenters. The molecule has 0 aliphatic heterocycles. The summed E-state index contributed by atoms with van der Waals surface area (Å²) in [5, 5.41) is 21.2. The number of hydrogen-bond donors (Lipinski definition) is 3. The number of esters is 1. The summed E-state index contributed by atoms with van der Waals surface area (Å²) in [7, 11) is -4.45. The number of aliphatic hydroxyl groups excluding tert-OH is 2. The lowest BCUT2D eigenvalue weighted by Crippen LogP contribution is -2.50. The summed E-state index contributed by atoms with van der Waals surface area (Å²) in [5.41, 5.74) is 6.83. The maximum Gasteiger partial charge on any atom is 0.404 e. The largest absolute Gasteiger partial charge is 0.466 e. The Hall–Kier alpha value is -2.03. The molecule has 11 heteroatoms. The van der Waals surface area contributed by atoms with Crippen LogP contribution < -0.4 is 5.73 Å². The normalized spacial score (nSPS) is 19.2. The molecule has 0 aliphatic rings. The van der Waals surface area contributed by atoms with Gasteiger partial charge in [0.15, 0.2) is 16.6 Å². The first-order valence-corrected chi connectivity index (χ1v) is 26.3. The van der Waals surface area contributed by atoms with E-state index < -0.39 is 41.0 Å². The quantitative estimate of drug-likeness (QED) is 0.0379. The molecule has 0 fully saturated rings. The second-order valence-corrected chi connectivity index (χ2v) is 28.5. The first-order valence-electron chi connectivity index (χ1n) is 20.5. The molecule has 0 aromatic carbocycles. The highest BCUT2D eigenvalue weighted by atomic mass is 28.4. The van der Waals surface area contributed by atoms with Gasteiger partial charge >= 0.3 is 12.1 Å². The number of ether oxygens (including phenoxy) is 2. The van der Waals surface area contributed by atoms with Gasteiger partial charge in [0.05, 0.1) is 31.0 Å². The van der Waals surface area contributed by atoms with Gasteiger partial charge in [-0.2, -0.15) is 0 Å². The van der Waals surface area contributed by atoms with Crippen molar-refractivity contribution in [1.29, 1.82) is 0 Å². The standard InChI is InChI=1S/C44H83NO8Si2/c1-19-21-22-31(4)40(51-42(45)49)35(8)41(53-55(17,18)44(12,13)14)34(7)28-30(3)27-33(6)39(52-54(15,16)43(9,10)11)32(5)23-24-36(46)29-37(47)25-26-38(48)50-20-2/h19,21-24,27,31-37,39-41,46-47H,1,20,25-26,28-29H2,2-18H3,(H2,45,49). The van der Waals surface area contributed by atoms with Crippen LogP contribution in [0.1, 0.15) is 116 Å². The molecule has 320 valence electrons. The van der Waals surface area contributed by atoms with Gasteiger partial charge in [-0.05, 0) is 80.7 Å². The van der Waals surface area contributed by atoms with Crippen LogP contribution in [-0.4, -0.2) is 76.0 Å². The molecule has 55 heavy (non-hydrogen) atoms. The summed E-state index contributed by atoms with van der Waals surface area (Å²) in [6, 6.07) is 0. The van der Waals surface area contributed by atoms with Crippen molar-refractivity contribution in [3.05, 3.63) is 48.6 Å². The Morgan fingerprint density at radius 1 is 0.800 bits per heavy atom. The van der Waals surface area contributed by atoms with Crippen molar-refractivity contribution >= 4 is 28.7 Å². The summed E-state index contributed by atoms with van der Waals surface area (Å²) in [4.78, 5) is 23.9. The third-order valence-electron chi connectivity index (χ3n) is 11.8. The lowest BCUT2D eigenvalue weighted by molar-refractivity contribution is -0.143. The highest BCUT2D eigenvalue weighted by Gasteiger charge is 2.44. The van der Waals surface area contributed by atoms with Gasteiger partial charge in [-0.15, -0.1) is 0 Å². The summed E-state index contributed by atoms with van der Waals surface area (Å²) < 4.78 is 25.1. The molecule has 0 bridgehead atoms. The third kappa shape index (κ3) is 18.9. The molecular weight excluding hydrogens is 727 g/mol. The van der Waals surface area contributed by atoms with E-state index in [1.165, 1.54) is 5.57 Å². The van der Waals surface area contributed by atoms with Crippen LogP contribution in [0.2, 0.25) is 36.3 Å². The summed E-state index contributed by atoms with van der Waals surface area (Å²) in [6.07, 6.45) is 9.54. The lowest BCUT2D eigenvalue weighted by atomic mass is 9.81. The van der Waals surface area contributed by atoms with Gasteiger partial charge < -0.3 is 34.3 Å². The van der Waals surface area contributed by atoms with E-state index >= 15 is 0 Å². The number of hydrogen-bond acceptors (Lipinski definition) is 8. The maximum absolute atomic E-state index is 12.2. The number of amides is 1. The topological polar surface area (TPSA) is 138 Å². The molecule has 0 aromatic rings. The Kier molecular flexibility index (Phi) is 22.5. The number of rotatable bonds is 24. The van der Waals surface area contributed by atoms with Gasteiger partial charge in [0.25, 0.3) is 0 Å². The van der Waals surface area contributed by atoms with E-state index in [2.05, 4.69) is 115 Å². The van der Waals surface area contributed by atoms with E-state index in [0.29, 0.717) is 6.61 Å². The SMILES string of the molecule is C=CC=CC(C)C(OC(N)=O)C(C)C(O[Si](C)(C)C(C)(C)C)C(C)CC(C)=CC(C)C(O[Si](C)(C)C(C)(C)C)C(C)C=CC(O)CC(O)CCC(=O)OCC. The Morgan fingerprint density at radius 2 is 1.31 bits per heavy atom. The van der Waals surface area contributed by atoms with Crippen molar-refractivity contribution in [2.75, 3.05) is 6.61 Å². The molecule has 0 aromatic heterocycles. The summed E-state index contributed by atoms with van der Waals surface area (Å²) >= 11 is 0. The minimum atomic E-state index is -2.25. The van der Waals surface area contributed by atoms with Crippen molar-refractivity contribution in [2.24, 2.45) is 35.3 Å². The van der Waals surface area contributed by atoms with Crippen LogP contribution in [-0.2, 0) is 23.1 Å². The minimum absolute atomic E-state index is 0.00378. The fraction of sp³-hybridized carbons (Fsp3) is 0.773. The number of aliphatic hydroxyl groups is 2. The third-order valence-corrected chi connectivity index (χ3v) is 20.7. The highest BCUT2D eigenvalue weighted by Crippen LogP contribution is 2.42. The molecule has 0 rings (SSSR count). The van der Waals surface area contributed by atoms with E-state index in [1.807, 2.05) is 25.2 Å². The Labute approximate surface area is 338 Å². The molecule has 1 amide bonds. The van der Waals surface area contributed by atoms with Crippen LogP contribution in [0.4, 0.5) is 4.79 Å². The van der Waals surface area contributed by atoms with Gasteiger partial charge in [-0.25, -0.2) is 4.79 Å². The Morgan fingerprint density at radius 3 is 1.78 bits per heavy atom. The molecule has 4 N–H and O–H groups in total. The fourth-order valence-corrected chi connectivity index (χ4v) is 9.43. The van der Waals surface area contributed by atoms with E-state index in [4.69, 9.17) is 24.1 Å². The number of allylic oxidation sites excluding steroid dienone is 3. The van der Waals surface area contributed by atoms with Crippen LogP contribution in [0.3, 0.4) is 0 Å². The van der Waals surface area contributed by atoms with Crippen molar-refractivity contribution < 1.29 is 38.1 Å². The van der Waals surface area contributed by atoms with E-state index in [-0.39, 0.29) is 77.1 Å². The number of primary amides is 1. The molecule has 0 heterocycles. The zero-order valence-corrected chi connectivity index (χ0v) is 39.9. The minimum Gasteiger partial charge on any atom is -0.466 e. The van der Waals surface area contributed by atoms with Crippen molar-refractivity contribution in [3.63, 3.8) is 0 Å². The Bertz CT molecular complexity index is 1270. The molecule has 0 saturated carbocycles. The van der Waals surface area contributed by atoms with Gasteiger partial charge in [0, 0.05) is 24.7 Å². The van der Waals surface area contributed by atoms with Crippen LogP contribution in [0.25, 0.3) is 0 Å². The van der Waals surface area contributed by atoms with Crippen molar-refractivity contribution in [1.82, 2.24) is 0 Å². The van der Waals surface area contributed by atoms with Gasteiger partial charge in [0.1, 0.15) is 6.10 Å². The average molecular weight is 810 g/mol. The van der Waals surface area contributed by atoms with E-state index in [9.17, 15) is 19.8 Å². The van der Waals surface area contributed by atoms with E-state index in [1.54, 1.807) is 19.1 Å². The second kappa shape index (κ2) is 23.4. The zero-order valence-electron chi connectivity index (χ0n) is 37.9. The highest BCUT2D eigenvalue weighted by molar-refractivity contribution is 6.74. The predicted molar refractivity (Wildman–Crippen MR) is 234 cm³/mol. The predicted octanol–water partition coefficient (Wildman–Crippen LogP) is 10.5. The average Bonchev–Trinajstić information content (AvgIpc) is 3.03. The molecule has 0 spiro atoms. The van der Waals surface area contributed by atoms with Gasteiger partial charge in [-0.3, -0.25) is 4.79 Å². The molecule has 9 nitrogen and oxygen atoms in total. The summed E-state index contributed by atoms with van der Waals surface area (Å²) in [6.45, 7) is 41.1. The maximum atomic E-state index is 12.2. The lowest BCUT2D eigenvalue weighted by Gasteiger charge is -2.45. The first-order chi connectivity index (χ1) is 25.0. The fourth-order valence-electron chi connectivity index (χ4n) is 6.49. The van der Waals surface area contributed by atoms with Crippen LogP contribution >= 0.6 is 0 Å². The van der Waals surface area contributed by atoms with Crippen LogP contribution in [0.5, 0.6) is 0 Å². The number of carbonyl (C=O) groups excluding carboxylic acids is 2. The molecule has 0 aliphatic carbocycles. The van der Waals surface area contributed by atoms with Crippen molar-refractivity contribution in [2.45, 2.75) is 182 Å². The number of carbonyl (C=O) groups is 2. The van der Waals surface area contributed by atoms with Gasteiger partial charge in [0.2, 0.25) is 0 Å². The van der Waals surface area contributed by atoms with Gasteiger partial charge in [-0.1, -0.05) is 125 Å². The second-order valence-electron chi connectivity index (χ2n) is 19.0. The molecule has 0 radical (unpaired) electrons. The number of nitrogens with two attached hydrogens (primary N) is 1. The Balaban J connectivity index is 6.59. The molecule has 10 unspecified atom stereocenters. The van der Waals surface area contributed by atoms with E-state index in [0.717, 1.165) is 6.42 Å². The monoisotopic (exact) mass is 810 g/mol. The van der Waals surface area contributed by atoms with Crippen molar-refractivity contribution in [3.8, 4) is 0 Å². The van der Waals surface area contributed by atoms with Crippen LogP contribution in [0.15, 0.2) is 48.6 Å².